The van der Waals surface area contributed by atoms with Gasteiger partial charge in [0.25, 0.3) is 0 Å². The van der Waals surface area contributed by atoms with E-state index in [1.54, 1.807) is 0 Å². The average molecular weight is 276 g/mol. The third kappa shape index (κ3) is 3.60. The van der Waals surface area contributed by atoms with E-state index in [1.807, 2.05) is 18.2 Å². The van der Waals surface area contributed by atoms with E-state index in [4.69, 9.17) is 0 Å². The Hall–Kier alpha value is -0.900. The van der Waals surface area contributed by atoms with Gasteiger partial charge in [-0.25, -0.2) is 0 Å². The lowest BCUT2D eigenvalue weighted by molar-refractivity contribution is 0.102. The minimum Gasteiger partial charge on any atom is -0.394 e. The predicted octanol–water partition coefficient (Wildman–Crippen LogP) is 2.22. The molecule has 0 saturated heterocycles. The first-order chi connectivity index (χ1) is 9.70. The molecule has 0 spiro atoms. The summed E-state index contributed by atoms with van der Waals surface area (Å²) in [4.78, 5) is 2.37. The van der Waals surface area contributed by atoms with Gasteiger partial charge in [0.1, 0.15) is 0 Å². The number of hydrogen-bond donors (Lipinski definition) is 2. The Labute approximate surface area is 123 Å². The minimum absolute atomic E-state index is 0.125. The second-order valence-corrected chi connectivity index (χ2v) is 6.13. The minimum atomic E-state index is -0.353. The van der Waals surface area contributed by atoms with Crippen molar-refractivity contribution in [1.29, 1.82) is 0 Å². The van der Waals surface area contributed by atoms with Gasteiger partial charge in [-0.3, -0.25) is 0 Å². The first kappa shape index (κ1) is 15.5. The molecule has 0 heterocycles. The fourth-order valence-corrected chi connectivity index (χ4v) is 3.18. The van der Waals surface area contributed by atoms with Gasteiger partial charge in [0, 0.05) is 13.1 Å². The second kappa shape index (κ2) is 7.21. The maximum Gasteiger partial charge on any atom is 0.0797 e. The van der Waals surface area contributed by atoms with Crippen LogP contribution in [-0.2, 0) is 5.54 Å². The van der Waals surface area contributed by atoms with E-state index < -0.39 is 0 Å². The summed E-state index contributed by atoms with van der Waals surface area (Å²) in [5.74, 6) is 0.855. The fraction of sp³-hybridized carbons (Fsp3) is 0.647. The summed E-state index contributed by atoms with van der Waals surface area (Å²) < 4.78 is 0. The van der Waals surface area contributed by atoms with Crippen LogP contribution in [0.1, 0.15) is 31.7 Å². The Bertz CT molecular complexity index is 391. The third-order valence-electron chi connectivity index (χ3n) is 4.45. The molecule has 3 nitrogen and oxygen atoms in total. The monoisotopic (exact) mass is 276 g/mol. The SMILES string of the molecule is CCNC(CO)(CN(C)CC1CCC1)c1ccccc1. The lowest BCUT2D eigenvalue weighted by Gasteiger charge is -2.39. The van der Waals surface area contributed by atoms with Crippen molar-refractivity contribution in [3.63, 3.8) is 0 Å². The topological polar surface area (TPSA) is 35.5 Å². The molecule has 1 aliphatic rings. The molecule has 1 unspecified atom stereocenters. The summed E-state index contributed by atoms with van der Waals surface area (Å²) in [6.07, 6.45) is 4.11. The molecule has 1 atom stereocenters. The number of aliphatic hydroxyl groups excluding tert-OH is 1. The molecule has 2 N–H and O–H groups in total. The van der Waals surface area contributed by atoms with Crippen LogP contribution >= 0.6 is 0 Å². The molecule has 112 valence electrons. The van der Waals surface area contributed by atoms with Gasteiger partial charge in [0.05, 0.1) is 12.1 Å². The van der Waals surface area contributed by atoms with Crippen molar-refractivity contribution in [2.75, 3.05) is 33.3 Å². The van der Waals surface area contributed by atoms with Gasteiger partial charge in [-0.05, 0) is 37.9 Å². The Morgan fingerprint density at radius 1 is 1.30 bits per heavy atom. The van der Waals surface area contributed by atoms with Gasteiger partial charge in [0.2, 0.25) is 0 Å². The highest BCUT2D eigenvalue weighted by Gasteiger charge is 2.32. The van der Waals surface area contributed by atoms with Gasteiger partial charge in [-0.2, -0.15) is 0 Å². The van der Waals surface area contributed by atoms with Crippen LogP contribution in [0.15, 0.2) is 30.3 Å². The van der Waals surface area contributed by atoms with Crippen molar-refractivity contribution in [2.24, 2.45) is 5.92 Å². The van der Waals surface area contributed by atoms with Crippen molar-refractivity contribution >= 4 is 0 Å². The number of benzene rings is 1. The molecule has 1 aromatic rings. The van der Waals surface area contributed by atoms with Crippen LogP contribution < -0.4 is 5.32 Å². The van der Waals surface area contributed by atoms with E-state index in [1.165, 1.54) is 24.8 Å². The van der Waals surface area contributed by atoms with Crippen LogP contribution in [0.25, 0.3) is 0 Å². The number of likely N-dealkylation sites (N-methyl/N-ethyl adjacent to an activating group) is 2. The summed E-state index contributed by atoms with van der Waals surface area (Å²) in [5, 5.41) is 13.5. The molecule has 2 rings (SSSR count). The quantitative estimate of drug-likeness (QED) is 0.764. The largest absolute Gasteiger partial charge is 0.394 e. The maximum absolute atomic E-state index is 10.0. The number of nitrogens with zero attached hydrogens (tertiary/aromatic N) is 1. The zero-order valence-electron chi connectivity index (χ0n) is 12.8. The van der Waals surface area contributed by atoms with Crippen molar-refractivity contribution in [1.82, 2.24) is 10.2 Å². The molecule has 0 aromatic heterocycles. The molecular formula is C17H28N2O. The smallest absolute Gasteiger partial charge is 0.0797 e. The summed E-state index contributed by atoms with van der Waals surface area (Å²) in [6, 6.07) is 10.3. The molecule has 1 aliphatic carbocycles. The Morgan fingerprint density at radius 3 is 2.50 bits per heavy atom. The third-order valence-corrected chi connectivity index (χ3v) is 4.45. The summed E-state index contributed by atoms with van der Waals surface area (Å²) in [5.41, 5.74) is 0.818. The summed E-state index contributed by atoms with van der Waals surface area (Å²) >= 11 is 0. The van der Waals surface area contributed by atoms with Gasteiger partial charge in [0.15, 0.2) is 0 Å². The zero-order chi connectivity index (χ0) is 14.4. The van der Waals surface area contributed by atoms with E-state index in [9.17, 15) is 5.11 Å². The van der Waals surface area contributed by atoms with Crippen LogP contribution in [0.2, 0.25) is 0 Å². The molecule has 1 fully saturated rings. The summed E-state index contributed by atoms with van der Waals surface area (Å²) in [7, 11) is 2.17. The molecule has 0 bridgehead atoms. The number of nitrogens with one attached hydrogen (secondary N) is 1. The van der Waals surface area contributed by atoms with Crippen LogP contribution in [0.3, 0.4) is 0 Å². The zero-order valence-corrected chi connectivity index (χ0v) is 12.8. The van der Waals surface area contributed by atoms with Crippen molar-refractivity contribution < 1.29 is 5.11 Å². The average Bonchev–Trinajstić information content (AvgIpc) is 2.43. The Morgan fingerprint density at radius 2 is 2.00 bits per heavy atom. The second-order valence-electron chi connectivity index (χ2n) is 6.13. The Kier molecular flexibility index (Phi) is 5.58. The summed E-state index contributed by atoms with van der Waals surface area (Å²) in [6.45, 7) is 5.06. The Balaban J connectivity index is 2.09. The molecule has 1 aromatic carbocycles. The standard InChI is InChI=1S/C17H28N2O/c1-3-18-17(14-20,16-10-5-4-6-11-16)13-19(2)12-15-8-7-9-15/h4-6,10-11,15,18,20H,3,7-9,12-14H2,1-2H3. The number of aliphatic hydroxyl groups is 1. The molecule has 0 radical (unpaired) electrons. The van der Waals surface area contributed by atoms with E-state index in [-0.39, 0.29) is 12.1 Å². The van der Waals surface area contributed by atoms with Gasteiger partial charge in [-0.15, -0.1) is 0 Å². The molecule has 0 amide bonds. The van der Waals surface area contributed by atoms with E-state index in [0.717, 1.165) is 25.6 Å². The first-order valence-electron chi connectivity index (χ1n) is 7.80. The van der Waals surface area contributed by atoms with Gasteiger partial charge < -0.3 is 15.3 Å². The first-order valence-corrected chi connectivity index (χ1v) is 7.80. The van der Waals surface area contributed by atoms with Crippen LogP contribution in [0.4, 0.5) is 0 Å². The molecule has 0 aliphatic heterocycles. The molecule has 1 saturated carbocycles. The highest BCUT2D eigenvalue weighted by Crippen LogP contribution is 2.28. The van der Waals surface area contributed by atoms with E-state index >= 15 is 0 Å². The lowest BCUT2D eigenvalue weighted by Crippen LogP contribution is -2.53. The highest BCUT2D eigenvalue weighted by molar-refractivity contribution is 5.25. The maximum atomic E-state index is 10.0. The van der Waals surface area contributed by atoms with Crippen molar-refractivity contribution in [3.8, 4) is 0 Å². The lowest BCUT2D eigenvalue weighted by atomic mass is 9.84. The highest BCUT2D eigenvalue weighted by atomic mass is 16.3. The predicted molar refractivity (Wildman–Crippen MR) is 83.7 cm³/mol. The van der Waals surface area contributed by atoms with Crippen LogP contribution in [-0.4, -0.2) is 43.3 Å². The van der Waals surface area contributed by atoms with Crippen LogP contribution in [0.5, 0.6) is 0 Å². The molecule has 3 heteroatoms. The molecule has 20 heavy (non-hydrogen) atoms. The van der Waals surface area contributed by atoms with Crippen molar-refractivity contribution in [3.05, 3.63) is 35.9 Å². The van der Waals surface area contributed by atoms with Gasteiger partial charge >= 0.3 is 0 Å². The van der Waals surface area contributed by atoms with Gasteiger partial charge in [-0.1, -0.05) is 43.7 Å². The fourth-order valence-electron chi connectivity index (χ4n) is 3.18. The van der Waals surface area contributed by atoms with Crippen LogP contribution in [0, 0.1) is 5.92 Å². The normalized spacial score (nSPS) is 18.8. The molecular weight excluding hydrogens is 248 g/mol. The number of rotatable bonds is 8. The van der Waals surface area contributed by atoms with Crippen molar-refractivity contribution in [2.45, 2.75) is 31.7 Å². The van der Waals surface area contributed by atoms with E-state index in [2.05, 4.69) is 36.3 Å². The van der Waals surface area contributed by atoms with E-state index in [0.29, 0.717) is 0 Å². The number of hydrogen-bond acceptors (Lipinski definition) is 3.